The quantitative estimate of drug-likeness (QED) is 0.141. The monoisotopic (exact) mass is 892 g/mol. The van der Waals surface area contributed by atoms with Crippen LogP contribution in [0.15, 0.2) is 243 Å². The van der Waals surface area contributed by atoms with Crippen molar-refractivity contribution < 1.29 is 0 Å². The maximum Gasteiger partial charge on any atom is 0.164 e. The van der Waals surface area contributed by atoms with Gasteiger partial charge in [-0.1, -0.05) is 200 Å². The second-order valence-corrected chi connectivity index (χ2v) is 17.5. The van der Waals surface area contributed by atoms with E-state index in [9.17, 15) is 0 Å². The van der Waals surface area contributed by atoms with Crippen molar-refractivity contribution in [3.63, 3.8) is 0 Å². The SMILES string of the molecule is c1ccc(-c2nc(-c3ccccc3)nc(-c3ccc(-c4nc(-c5ccccc5)nc(-c5cc(-c6cccc7cc8ccccc8cc67)cc(-c6cccc7cc8ccccc8cc67)c5)n4)cc3)n2)cc1. The van der Waals surface area contributed by atoms with E-state index in [1.807, 2.05) is 115 Å². The molecule has 0 saturated heterocycles. The lowest BCUT2D eigenvalue weighted by Gasteiger charge is -2.15. The maximum atomic E-state index is 5.32. The Morgan fingerprint density at radius 3 is 0.800 bits per heavy atom. The molecular weight excluding hydrogens is 853 g/mol. The molecule has 0 unspecified atom stereocenters. The van der Waals surface area contributed by atoms with Gasteiger partial charge in [-0.2, -0.15) is 0 Å². The van der Waals surface area contributed by atoms with Crippen LogP contribution >= 0.6 is 0 Å². The molecule has 70 heavy (non-hydrogen) atoms. The van der Waals surface area contributed by atoms with Gasteiger partial charge in [-0.25, -0.2) is 29.9 Å². The Balaban J connectivity index is 0.988. The molecule has 0 aliphatic heterocycles. The molecule has 11 aromatic carbocycles. The van der Waals surface area contributed by atoms with Gasteiger partial charge < -0.3 is 0 Å². The molecule has 6 nitrogen and oxygen atoms in total. The van der Waals surface area contributed by atoms with Gasteiger partial charge in [0.2, 0.25) is 0 Å². The first-order chi connectivity index (χ1) is 34.6. The average molecular weight is 893 g/mol. The molecule has 0 radical (unpaired) electrons. The van der Waals surface area contributed by atoms with Gasteiger partial charge >= 0.3 is 0 Å². The van der Waals surface area contributed by atoms with Crippen molar-refractivity contribution in [2.45, 2.75) is 0 Å². The van der Waals surface area contributed by atoms with Crippen molar-refractivity contribution in [3.8, 4) is 90.6 Å². The van der Waals surface area contributed by atoms with Gasteiger partial charge in [0.25, 0.3) is 0 Å². The molecule has 0 atom stereocenters. The summed E-state index contributed by atoms with van der Waals surface area (Å²) in [6, 6.07) is 84.6. The van der Waals surface area contributed by atoms with Crippen molar-refractivity contribution in [1.29, 1.82) is 0 Å². The first-order valence-corrected chi connectivity index (χ1v) is 23.4. The van der Waals surface area contributed by atoms with Gasteiger partial charge in [0.15, 0.2) is 34.9 Å². The summed E-state index contributed by atoms with van der Waals surface area (Å²) in [6.45, 7) is 0. The van der Waals surface area contributed by atoms with E-state index in [1.165, 1.54) is 43.1 Å². The minimum Gasteiger partial charge on any atom is -0.208 e. The third-order valence-electron chi connectivity index (χ3n) is 13.1. The predicted octanol–water partition coefficient (Wildman–Crippen LogP) is 16.0. The number of hydrogen-bond acceptors (Lipinski definition) is 6. The molecule has 6 heteroatoms. The summed E-state index contributed by atoms with van der Waals surface area (Å²) in [6.07, 6.45) is 0. The van der Waals surface area contributed by atoms with E-state index in [0.717, 1.165) is 55.6 Å². The number of rotatable bonds is 8. The van der Waals surface area contributed by atoms with Gasteiger partial charge in [-0.3, -0.25) is 0 Å². The molecule has 13 rings (SSSR count). The first-order valence-electron chi connectivity index (χ1n) is 23.4. The average Bonchev–Trinajstić information content (AvgIpc) is 3.44. The molecule has 0 fully saturated rings. The zero-order valence-electron chi connectivity index (χ0n) is 37.8. The Bertz CT molecular complexity index is 3910. The lowest BCUT2D eigenvalue weighted by Crippen LogP contribution is -2.01. The second kappa shape index (κ2) is 17.3. The van der Waals surface area contributed by atoms with Gasteiger partial charge in [0.05, 0.1) is 0 Å². The van der Waals surface area contributed by atoms with Gasteiger partial charge in [-0.15, -0.1) is 0 Å². The Kier molecular flexibility index (Phi) is 10.1. The van der Waals surface area contributed by atoms with Crippen LogP contribution in [0.25, 0.3) is 134 Å². The molecule has 326 valence electrons. The van der Waals surface area contributed by atoms with Crippen molar-refractivity contribution >= 4 is 43.1 Å². The van der Waals surface area contributed by atoms with Crippen LogP contribution in [0.1, 0.15) is 0 Å². The molecule has 0 amide bonds. The molecule has 0 bridgehead atoms. The van der Waals surface area contributed by atoms with Crippen LogP contribution in [-0.4, -0.2) is 29.9 Å². The largest absolute Gasteiger partial charge is 0.208 e. The van der Waals surface area contributed by atoms with E-state index in [0.29, 0.717) is 34.9 Å². The van der Waals surface area contributed by atoms with Gasteiger partial charge in [-0.05, 0) is 108 Å². The lowest BCUT2D eigenvalue weighted by molar-refractivity contribution is 1.07. The van der Waals surface area contributed by atoms with E-state index >= 15 is 0 Å². The lowest BCUT2D eigenvalue weighted by atomic mass is 9.90. The summed E-state index contributed by atoms with van der Waals surface area (Å²) in [5.74, 6) is 3.51. The number of benzene rings is 11. The summed E-state index contributed by atoms with van der Waals surface area (Å²) in [5.41, 5.74) is 9.71. The van der Waals surface area contributed by atoms with Crippen molar-refractivity contribution in [3.05, 3.63) is 243 Å². The van der Waals surface area contributed by atoms with Crippen LogP contribution in [0.3, 0.4) is 0 Å². The summed E-state index contributed by atoms with van der Waals surface area (Å²) in [5, 5.41) is 9.55. The minimum absolute atomic E-state index is 0.557. The van der Waals surface area contributed by atoms with E-state index in [-0.39, 0.29) is 0 Å². The summed E-state index contributed by atoms with van der Waals surface area (Å²) in [4.78, 5) is 30.6. The molecule has 2 aromatic heterocycles. The van der Waals surface area contributed by atoms with Crippen LogP contribution < -0.4 is 0 Å². The standard InChI is InChI=1S/C64H40N6/c1-4-16-41(17-5-1)59-65-60(42-18-6-2-7-19-42)67-62(66-59)44-30-32-45(33-31-44)63-68-61(43-20-8-3-9-21-43)69-64(70-63)54-37-52(55-28-14-26-50-34-46-22-10-12-24-48(46)39-57(50)55)36-53(38-54)56-29-15-27-51-35-47-23-11-13-25-49(47)40-58(51)56/h1-40H. The van der Waals surface area contributed by atoms with Crippen LogP contribution in [-0.2, 0) is 0 Å². The van der Waals surface area contributed by atoms with Crippen LogP contribution in [0.5, 0.6) is 0 Å². The zero-order chi connectivity index (χ0) is 46.4. The van der Waals surface area contributed by atoms with Crippen molar-refractivity contribution in [2.24, 2.45) is 0 Å². The summed E-state index contributed by atoms with van der Waals surface area (Å²) in [7, 11) is 0. The van der Waals surface area contributed by atoms with E-state index in [2.05, 4.69) is 127 Å². The fourth-order valence-corrected chi connectivity index (χ4v) is 9.56. The Morgan fingerprint density at radius 2 is 0.443 bits per heavy atom. The molecule has 0 saturated carbocycles. The fraction of sp³-hybridized carbons (Fsp3) is 0. The molecule has 2 heterocycles. The van der Waals surface area contributed by atoms with Crippen LogP contribution in [0, 0.1) is 0 Å². The highest BCUT2D eigenvalue weighted by molar-refractivity contribution is 6.08. The van der Waals surface area contributed by atoms with E-state index < -0.39 is 0 Å². The van der Waals surface area contributed by atoms with E-state index in [4.69, 9.17) is 29.9 Å². The molecule has 0 aliphatic rings. The Morgan fingerprint density at radius 1 is 0.171 bits per heavy atom. The highest BCUT2D eigenvalue weighted by Crippen LogP contribution is 2.40. The number of aromatic nitrogens is 6. The smallest absolute Gasteiger partial charge is 0.164 e. The van der Waals surface area contributed by atoms with Gasteiger partial charge in [0, 0.05) is 33.4 Å². The third kappa shape index (κ3) is 7.69. The first kappa shape index (κ1) is 40.7. The predicted molar refractivity (Wildman–Crippen MR) is 287 cm³/mol. The van der Waals surface area contributed by atoms with Crippen molar-refractivity contribution in [1.82, 2.24) is 29.9 Å². The fourth-order valence-electron chi connectivity index (χ4n) is 9.56. The molecule has 0 spiro atoms. The molecule has 0 N–H and O–H groups in total. The summed E-state index contributed by atoms with van der Waals surface area (Å²) >= 11 is 0. The number of hydrogen-bond donors (Lipinski definition) is 0. The topological polar surface area (TPSA) is 77.3 Å². The highest BCUT2D eigenvalue weighted by Gasteiger charge is 2.18. The van der Waals surface area contributed by atoms with E-state index in [1.54, 1.807) is 0 Å². The number of fused-ring (bicyclic) bond motifs is 4. The zero-order valence-corrected chi connectivity index (χ0v) is 37.8. The minimum atomic E-state index is 0.557. The van der Waals surface area contributed by atoms with Crippen molar-refractivity contribution in [2.75, 3.05) is 0 Å². The third-order valence-corrected chi connectivity index (χ3v) is 13.1. The van der Waals surface area contributed by atoms with Crippen LogP contribution in [0.2, 0.25) is 0 Å². The number of nitrogens with zero attached hydrogens (tertiary/aromatic N) is 6. The summed E-state index contributed by atoms with van der Waals surface area (Å²) < 4.78 is 0. The maximum absolute atomic E-state index is 5.32. The Hall–Kier alpha value is -9.52. The van der Waals surface area contributed by atoms with Crippen LogP contribution in [0.4, 0.5) is 0 Å². The van der Waals surface area contributed by atoms with Gasteiger partial charge in [0.1, 0.15) is 0 Å². The molecule has 0 aliphatic carbocycles. The Labute approximate surface area is 404 Å². The molecule has 13 aromatic rings. The second-order valence-electron chi connectivity index (χ2n) is 17.5. The normalized spacial score (nSPS) is 11.4. The highest BCUT2D eigenvalue weighted by atomic mass is 15.0. The molecular formula is C64H40N6.